The Labute approximate surface area is 187 Å². The van der Waals surface area contributed by atoms with Crippen molar-refractivity contribution < 1.29 is 14.3 Å². The number of hydrogen-bond donors (Lipinski definition) is 1. The molecule has 5 nitrogen and oxygen atoms in total. The third-order valence-electron chi connectivity index (χ3n) is 7.56. The van der Waals surface area contributed by atoms with Gasteiger partial charge in [0.15, 0.2) is 0 Å². The van der Waals surface area contributed by atoms with Crippen LogP contribution in [0.2, 0.25) is 0 Å². The minimum Gasteiger partial charge on any atom is -0.458 e. The van der Waals surface area contributed by atoms with E-state index in [0.29, 0.717) is 18.6 Å². The summed E-state index contributed by atoms with van der Waals surface area (Å²) in [4.78, 5) is 15.7. The Morgan fingerprint density at radius 3 is 2.61 bits per heavy atom. The molecular weight excluding hydrogens is 388 g/mol. The number of benzene rings is 1. The van der Waals surface area contributed by atoms with Crippen molar-refractivity contribution in [2.75, 3.05) is 19.6 Å². The van der Waals surface area contributed by atoms with Gasteiger partial charge in [0.1, 0.15) is 6.61 Å². The van der Waals surface area contributed by atoms with Crippen molar-refractivity contribution in [1.29, 1.82) is 0 Å². The molecule has 1 aromatic rings. The molecule has 2 heterocycles. The molecule has 2 atom stereocenters. The van der Waals surface area contributed by atoms with Gasteiger partial charge in [0.25, 0.3) is 0 Å². The standard InChI is InChI=1S/C26H40N2O3/c1-2-3-14-23-26(15-17-27-18-16-26)31-24(28(23)19-21-10-6-4-7-11-21)25(29)30-20-22-12-8-5-9-13-22/h5,8-9,12-13,21,23-24,27H,2-4,6-7,10-11,14-20H2,1H3. The van der Waals surface area contributed by atoms with Gasteiger partial charge in [0.05, 0.1) is 5.60 Å². The van der Waals surface area contributed by atoms with Crippen LogP contribution in [-0.4, -0.2) is 48.4 Å². The van der Waals surface area contributed by atoms with E-state index in [0.717, 1.165) is 44.5 Å². The molecule has 0 bridgehead atoms. The van der Waals surface area contributed by atoms with Gasteiger partial charge in [-0.3, -0.25) is 4.90 Å². The Morgan fingerprint density at radius 1 is 1.16 bits per heavy atom. The minimum atomic E-state index is -0.564. The van der Waals surface area contributed by atoms with Gasteiger partial charge in [-0.2, -0.15) is 0 Å². The van der Waals surface area contributed by atoms with Gasteiger partial charge < -0.3 is 14.8 Å². The normalized spacial score (nSPS) is 26.9. The van der Waals surface area contributed by atoms with Crippen molar-refractivity contribution in [1.82, 2.24) is 10.2 Å². The van der Waals surface area contributed by atoms with Gasteiger partial charge in [-0.05, 0) is 56.7 Å². The van der Waals surface area contributed by atoms with E-state index in [2.05, 4.69) is 17.1 Å². The smallest absolute Gasteiger partial charge is 0.351 e. The molecule has 1 aliphatic carbocycles. The second-order valence-corrected chi connectivity index (χ2v) is 9.74. The highest BCUT2D eigenvalue weighted by Gasteiger charge is 2.55. The van der Waals surface area contributed by atoms with E-state index in [9.17, 15) is 4.79 Å². The van der Waals surface area contributed by atoms with Crippen LogP contribution in [0, 0.1) is 5.92 Å². The fraction of sp³-hybridized carbons (Fsp3) is 0.731. The predicted molar refractivity (Wildman–Crippen MR) is 123 cm³/mol. The van der Waals surface area contributed by atoms with E-state index in [1.165, 1.54) is 44.9 Å². The zero-order valence-corrected chi connectivity index (χ0v) is 19.2. The zero-order valence-electron chi connectivity index (χ0n) is 19.2. The molecular formula is C26H40N2O3. The molecule has 4 rings (SSSR count). The average Bonchev–Trinajstić information content (AvgIpc) is 3.10. The lowest BCUT2D eigenvalue weighted by Crippen LogP contribution is -2.52. The van der Waals surface area contributed by atoms with E-state index in [4.69, 9.17) is 9.47 Å². The van der Waals surface area contributed by atoms with E-state index in [1.54, 1.807) is 0 Å². The lowest BCUT2D eigenvalue weighted by molar-refractivity contribution is -0.171. The van der Waals surface area contributed by atoms with Crippen molar-refractivity contribution in [2.45, 2.75) is 95.6 Å². The maximum atomic E-state index is 13.3. The fourth-order valence-corrected chi connectivity index (χ4v) is 5.84. The average molecular weight is 429 g/mol. The van der Waals surface area contributed by atoms with Crippen LogP contribution in [0.3, 0.4) is 0 Å². The molecule has 1 saturated carbocycles. The Balaban J connectivity index is 1.52. The summed E-state index contributed by atoms with van der Waals surface area (Å²) in [5.74, 6) is 0.458. The number of rotatable bonds is 8. The third-order valence-corrected chi connectivity index (χ3v) is 7.56. The van der Waals surface area contributed by atoms with Crippen LogP contribution < -0.4 is 5.32 Å². The Bertz CT molecular complexity index is 683. The Hall–Kier alpha value is -1.43. The number of carbonyl (C=O) groups excluding carboxylic acids is 1. The summed E-state index contributed by atoms with van der Waals surface area (Å²) in [7, 11) is 0. The van der Waals surface area contributed by atoms with E-state index in [1.807, 2.05) is 30.3 Å². The third kappa shape index (κ3) is 5.50. The number of hydrogen-bond acceptors (Lipinski definition) is 5. The first-order chi connectivity index (χ1) is 15.2. The number of unbranched alkanes of at least 4 members (excludes halogenated alkanes) is 1. The van der Waals surface area contributed by atoms with E-state index in [-0.39, 0.29) is 11.6 Å². The molecule has 1 spiro atoms. The summed E-state index contributed by atoms with van der Waals surface area (Å²) >= 11 is 0. The highest BCUT2D eigenvalue weighted by atomic mass is 16.6. The molecule has 1 aromatic carbocycles. The molecule has 1 N–H and O–H groups in total. The largest absolute Gasteiger partial charge is 0.458 e. The van der Waals surface area contributed by atoms with Crippen molar-refractivity contribution in [2.24, 2.45) is 5.92 Å². The van der Waals surface area contributed by atoms with Crippen molar-refractivity contribution >= 4 is 5.97 Å². The maximum Gasteiger partial charge on any atom is 0.351 e. The van der Waals surface area contributed by atoms with Gasteiger partial charge in [-0.1, -0.05) is 69.4 Å². The summed E-state index contributed by atoms with van der Waals surface area (Å²) in [5.41, 5.74) is 0.803. The SMILES string of the molecule is CCCCC1N(CC2CCCCC2)C(C(=O)OCc2ccccc2)OC12CCNCC2. The summed E-state index contributed by atoms with van der Waals surface area (Å²) < 4.78 is 12.5. The maximum absolute atomic E-state index is 13.3. The molecule has 0 amide bonds. The van der Waals surface area contributed by atoms with Crippen LogP contribution in [0.4, 0.5) is 0 Å². The molecule has 3 fully saturated rings. The number of piperidine rings is 1. The topological polar surface area (TPSA) is 50.8 Å². The lowest BCUT2D eigenvalue weighted by atomic mass is 9.81. The lowest BCUT2D eigenvalue weighted by Gasteiger charge is -2.40. The monoisotopic (exact) mass is 428 g/mol. The van der Waals surface area contributed by atoms with Crippen LogP contribution >= 0.6 is 0 Å². The molecule has 3 aliphatic rings. The van der Waals surface area contributed by atoms with Crippen molar-refractivity contribution in [3.63, 3.8) is 0 Å². The number of esters is 1. The Kier molecular flexibility index (Phi) is 8.02. The molecule has 2 aliphatic heterocycles. The first-order valence-corrected chi connectivity index (χ1v) is 12.6. The molecule has 2 unspecified atom stereocenters. The summed E-state index contributed by atoms with van der Waals surface area (Å²) in [6, 6.07) is 10.3. The quantitative estimate of drug-likeness (QED) is 0.611. The predicted octanol–water partition coefficient (Wildman–Crippen LogP) is 4.65. The highest BCUT2D eigenvalue weighted by Crippen LogP contribution is 2.43. The number of carbonyl (C=O) groups is 1. The highest BCUT2D eigenvalue weighted by molar-refractivity contribution is 5.75. The summed E-state index contributed by atoms with van der Waals surface area (Å²) in [6.45, 7) is 5.46. The second-order valence-electron chi connectivity index (χ2n) is 9.74. The zero-order chi connectivity index (χ0) is 21.5. The van der Waals surface area contributed by atoms with Gasteiger partial charge >= 0.3 is 5.97 Å². The van der Waals surface area contributed by atoms with Gasteiger partial charge in [-0.25, -0.2) is 4.79 Å². The molecule has 0 aromatic heterocycles. The number of nitrogens with one attached hydrogen (secondary N) is 1. The first kappa shape index (κ1) is 22.8. The van der Waals surface area contributed by atoms with Crippen molar-refractivity contribution in [3.05, 3.63) is 35.9 Å². The van der Waals surface area contributed by atoms with Crippen LogP contribution in [0.15, 0.2) is 30.3 Å². The molecule has 31 heavy (non-hydrogen) atoms. The van der Waals surface area contributed by atoms with Crippen LogP contribution in [-0.2, 0) is 20.9 Å². The first-order valence-electron chi connectivity index (χ1n) is 12.6. The number of nitrogens with zero attached hydrogens (tertiary/aromatic N) is 1. The molecule has 5 heteroatoms. The van der Waals surface area contributed by atoms with Gasteiger partial charge in [-0.15, -0.1) is 0 Å². The van der Waals surface area contributed by atoms with Gasteiger partial charge in [0.2, 0.25) is 6.23 Å². The number of ether oxygens (including phenoxy) is 2. The minimum absolute atomic E-state index is 0.212. The molecule has 0 radical (unpaired) electrons. The Morgan fingerprint density at radius 2 is 1.90 bits per heavy atom. The van der Waals surface area contributed by atoms with Crippen LogP contribution in [0.5, 0.6) is 0 Å². The second kappa shape index (κ2) is 10.9. The van der Waals surface area contributed by atoms with Gasteiger partial charge in [0, 0.05) is 12.6 Å². The summed E-state index contributed by atoms with van der Waals surface area (Å²) in [6.07, 6.45) is 11.4. The summed E-state index contributed by atoms with van der Waals surface area (Å²) in [5, 5.41) is 3.48. The molecule has 2 saturated heterocycles. The van der Waals surface area contributed by atoms with Crippen LogP contribution in [0.25, 0.3) is 0 Å². The fourth-order valence-electron chi connectivity index (χ4n) is 5.84. The van der Waals surface area contributed by atoms with Crippen LogP contribution in [0.1, 0.15) is 76.7 Å². The van der Waals surface area contributed by atoms with E-state index < -0.39 is 6.23 Å². The van der Waals surface area contributed by atoms with E-state index >= 15 is 0 Å². The van der Waals surface area contributed by atoms with Crippen molar-refractivity contribution in [3.8, 4) is 0 Å². The molecule has 172 valence electrons.